The summed E-state index contributed by atoms with van der Waals surface area (Å²) in [5, 5.41) is 0. The van der Waals surface area contributed by atoms with Crippen LogP contribution >= 0.6 is 15.9 Å². The third-order valence-corrected chi connectivity index (χ3v) is 7.34. The second-order valence-electron chi connectivity index (χ2n) is 8.65. The Morgan fingerprint density at radius 1 is 0.968 bits per heavy atom. The highest BCUT2D eigenvalue weighted by atomic mass is 79.9. The Morgan fingerprint density at radius 3 is 2.26 bits per heavy atom. The third kappa shape index (κ3) is 3.74. The average Bonchev–Trinajstić information content (AvgIpc) is 3.39. The standard InChI is InChI=1S/C23H21BrN4O2S/c1-23(2)12-16-8-13-4-6-18(25-13)22(31(3,29)30)19-7-5-14(26-19)10-20-17(24)9-15(27-20)11-21(23)28-16/h4-11,25-26H,12H2,1-3H3. The van der Waals surface area contributed by atoms with Gasteiger partial charge in [0.1, 0.15) is 4.90 Å². The van der Waals surface area contributed by atoms with Crippen LogP contribution in [0, 0.1) is 0 Å². The number of hydrogen-bond donors (Lipinski definition) is 2. The van der Waals surface area contributed by atoms with Crippen LogP contribution in [0.3, 0.4) is 0 Å². The molecule has 2 N–H and O–H groups in total. The number of H-pyrrole nitrogens is 2. The van der Waals surface area contributed by atoms with E-state index in [-0.39, 0.29) is 10.3 Å². The molecule has 0 spiro atoms. The Labute approximate surface area is 188 Å². The molecule has 0 radical (unpaired) electrons. The lowest BCUT2D eigenvalue weighted by Crippen LogP contribution is -2.15. The van der Waals surface area contributed by atoms with Crippen molar-refractivity contribution in [3.63, 3.8) is 0 Å². The molecule has 8 bridgehead atoms. The van der Waals surface area contributed by atoms with Crippen LogP contribution in [0.25, 0.3) is 32.6 Å². The SMILES string of the molecule is CC1(C)Cc2cc3ccc([nH]3)c(S(C)(=O)=O)c3ccc(cc4nc(cc1n2)C=C4Br)[nH]3. The average molecular weight is 497 g/mol. The van der Waals surface area contributed by atoms with Crippen molar-refractivity contribution >= 4 is 58.4 Å². The Bertz CT molecular complexity index is 1530. The minimum Gasteiger partial charge on any atom is -0.354 e. The third-order valence-electron chi connectivity index (χ3n) is 5.53. The van der Waals surface area contributed by atoms with E-state index in [1.165, 1.54) is 6.26 Å². The van der Waals surface area contributed by atoms with Gasteiger partial charge in [0.25, 0.3) is 0 Å². The molecule has 0 amide bonds. The molecular weight excluding hydrogens is 476 g/mol. The minimum absolute atomic E-state index is 0.122. The van der Waals surface area contributed by atoms with Gasteiger partial charge in [-0.3, -0.25) is 4.98 Å². The fourth-order valence-corrected chi connectivity index (χ4v) is 5.55. The van der Waals surface area contributed by atoms with E-state index < -0.39 is 9.84 Å². The summed E-state index contributed by atoms with van der Waals surface area (Å²) < 4.78 is 26.2. The topological polar surface area (TPSA) is 91.5 Å². The molecule has 6 nitrogen and oxygen atoms in total. The van der Waals surface area contributed by atoms with Crippen LogP contribution in [0.5, 0.6) is 0 Å². The van der Waals surface area contributed by atoms with Crippen LogP contribution < -0.4 is 0 Å². The van der Waals surface area contributed by atoms with E-state index in [9.17, 15) is 8.42 Å². The van der Waals surface area contributed by atoms with Crippen molar-refractivity contribution < 1.29 is 8.42 Å². The van der Waals surface area contributed by atoms with Gasteiger partial charge in [0.2, 0.25) is 0 Å². The highest BCUT2D eigenvalue weighted by Gasteiger charge is 2.28. The predicted molar refractivity (Wildman–Crippen MR) is 128 cm³/mol. The zero-order valence-corrected chi connectivity index (χ0v) is 19.7. The molecule has 0 aliphatic carbocycles. The molecule has 3 aromatic heterocycles. The number of sulfone groups is 1. The lowest BCUT2D eigenvalue weighted by atomic mass is 9.87. The molecule has 0 fully saturated rings. The van der Waals surface area contributed by atoms with Crippen molar-refractivity contribution in [2.45, 2.75) is 30.6 Å². The summed E-state index contributed by atoms with van der Waals surface area (Å²) in [5.74, 6) is 0. The lowest BCUT2D eigenvalue weighted by Gasteiger charge is -2.15. The van der Waals surface area contributed by atoms with Crippen molar-refractivity contribution in [3.8, 4) is 0 Å². The van der Waals surface area contributed by atoms with Gasteiger partial charge in [-0.15, -0.1) is 0 Å². The Balaban J connectivity index is 1.94. The molecule has 5 heterocycles. The monoisotopic (exact) mass is 496 g/mol. The molecule has 0 unspecified atom stereocenters. The van der Waals surface area contributed by atoms with Gasteiger partial charge in [-0.25, -0.2) is 13.4 Å². The van der Waals surface area contributed by atoms with Crippen molar-refractivity contribution in [1.29, 1.82) is 0 Å². The summed E-state index contributed by atoms with van der Waals surface area (Å²) >= 11 is 3.59. The number of aromatic nitrogens is 4. The van der Waals surface area contributed by atoms with Crippen LogP contribution in [-0.2, 0) is 21.7 Å². The highest BCUT2D eigenvalue weighted by Crippen LogP contribution is 2.33. The summed E-state index contributed by atoms with van der Waals surface area (Å²) in [6.45, 7) is 4.33. The number of hydrogen-bond acceptors (Lipinski definition) is 4. The maximum atomic E-state index is 12.7. The van der Waals surface area contributed by atoms with Crippen LogP contribution in [0.4, 0.5) is 0 Å². The molecule has 3 aromatic rings. The summed E-state index contributed by atoms with van der Waals surface area (Å²) in [6.07, 6.45) is 3.98. The van der Waals surface area contributed by atoms with E-state index >= 15 is 0 Å². The Hall–Kier alpha value is -2.71. The van der Waals surface area contributed by atoms with E-state index in [2.05, 4.69) is 39.7 Å². The first-order valence-corrected chi connectivity index (χ1v) is 12.6. The largest absolute Gasteiger partial charge is 0.354 e. The summed E-state index contributed by atoms with van der Waals surface area (Å²) in [4.78, 5) is 16.3. The van der Waals surface area contributed by atoms with E-state index in [1.807, 2.05) is 36.4 Å². The molecule has 0 saturated carbocycles. The smallest absolute Gasteiger partial charge is 0.179 e. The zero-order chi connectivity index (χ0) is 22.0. The summed E-state index contributed by atoms with van der Waals surface area (Å²) in [7, 11) is -3.50. The molecule has 0 aromatic carbocycles. The number of aromatic amines is 2. The van der Waals surface area contributed by atoms with Crippen LogP contribution in [0.2, 0.25) is 0 Å². The predicted octanol–water partition coefficient (Wildman–Crippen LogP) is 5.13. The first kappa shape index (κ1) is 20.2. The molecular formula is C23H21BrN4O2S. The molecule has 31 heavy (non-hydrogen) atoms. The van der Waals surface area contributed by atoms with E-state index in [4.69, 9.17) is 9.97 Å². The molecule has 0 atom stereocenters. The van der Waals surface area contributed by atoms with Crippen molar-refractivity contribution in [1.82, 2.24) is 19.9 Å². The number of nitrogens with one attached hydrogen (secondary N) is 2. The van der Waals surface area contributed by atoms with Crippen LogP contribution in [-0.4, -0.2) is 34.6 Å². The molecule has 2 aliphatic heterocycles. The van der Waals surface area contributed by atoms with Gasteiger partial charge >= 0.3 is 0 Å². The van der Waals surface area contributed by atoms with E-state index in [0.717, 1.165) is 44.7 Å². The fraction of sp³-hybridized carbons (Fsp3) is 0.217. The first-order chi connectivity index (χ1) is 14.6. The quantitative estimate of drug-likeness (QED) is 0.488. The maximum Gasteiger partial charge on any atom is 0.179 e. The molecule has 5 rings (SSSR count). The van der Waals surface area contributed by atoms with Crippen LogP contribution in [0.1, 0.15) is 36.6 Å². The number of rotatable bonds is 1. The van der Waals surface area contributed by atoms with Crippen molar-refractivity contribution in [2.24, 2.45) is 0 Å². The van der Waals surface area contributed by atoms with E-state index in [0.29, 0.717) is 11.0 Å². The van der Waals surface area contributed by atoms with Gasteiger partial charge in [-0.1, -0.05) is 13.8 Å². The van der Waals surface area contributed by atoms with Gasteiger partial charge in [0.15, 0.2) is 9.84 Å². The summed E-state index contributed by atoms with van der Waals surface area (Å²) in [5.41, 5.74) is 6.03. The first-order valence-electron chi connectivity index (χ1n) is 9.87. The second kappa shape index (κ2) is 6.90. The highest BCUT2D eigenvalue weighted by molar-refractivity contribution is 9.15. The number of halogens is 1. The van der Waals surface area contributed by atoms with Gasteiger partial charge in [0.05, 0.1) is 22.4 Å². The number of fused-ring (bicyclic) bond motifs is 8. The van der Waals surface area contributed by atoms with Crippen molar-refractivity contribution in [2.75, 3.05) is 6.26 Å². The van der Waals surface area contributed by atoms with Gasteiger partial charge in [-0.05, 0) is 64.5 Å². The molecule has 8 heteroatoms. The second-order valence-corrected chi connectivity index (χ2v) is 11.5. The lowest BCUT2D eigenvalue weighted by molar-refractivity contribution is 0.543. The normalized spacial score (nSPS) is 15.7. The minimum atomic E-state index is -3.50. The Kier molecular flexibility index (Phi) is 4.50. The molecule has 2 aliphatic rings. The summed E-state index contributed by atoms with van der Waals surface area (Å²) in [6, 6.07) is 13.2. The fourth-order valence-electron chi connectivity index (χ4n) is 4.07. The van der Waals surface area contributed by atoms with Crippen LogP contribution in [0.15, 0.2) is 47.4 Å². The van der Waals surface area contributed by atoms with Crippen molar-refractivity contribution in [3.05, 3.63) is 65.2 Å². The Morgan fingerprint density at radius 2 is 1.61 bits per heavy atom. The maximum absolute atomic E-state index is 12.7. The number of nitrogens with zero attached hydrogens (tertiary/aromatic N) is 2. The van der Waals surface area contributed by atoms with Gasteiger partial charge in [0, 0.05) is 45.0 Å². The molecule has 158 valence electrons. The van der Waals surface area contributed by atoms with Gasteiger partial charge in [-0.2, -0.15) is 0 Å². The van der Waals surface area contributed by atoms with E-state index in [1.54, 1.807) is 12.1 Å². The zero-order valence-electron chi connectivity index (χ0n) is 17.3. The van der Waals surface area contributed by atoms with Gasteiger partial charge < -0.3 is 9.97 Å². The molecule has 0 saturated heterocycles.